The van der Waals surface area contributed by atoms with Gasteiger partial charge >= 0.3 is 0 Å². The van der Waals surface area contributed by atoms with Crippen LogP contribution in [0.1, 0.15) is 74.3 Å². The summed E-state index contributed by atoms with van der Waals surface area (Å²) < 4.78 is 7.59. The smallest absolute Gasteiger partial charge is 0.230 e. The van der Waals surface area contributed by atoms with E-state index in [0.29, 0.717) is 11.8 Å². The van der Waals surface area contributed by atoms with Crippen molar-refractivity contribution >= 4 is 29.0 Å². The van der Waals surface area contributed by atoms with Crippen LogP contribution in [-0.4, -0.2) is 33.5 Å². The number of ether oxygens (including phenoxy) is 1. The molecule has 1 amide bonds. The fourth-order valence-corrected chi connectivity index (χ4v) is 6.13. The zero-order valence-electron chi connectivity index (χ0n) is 20.2. The number of methoxy groups -OCH3 is 1. The molecule has 34 heavy (non-hydrogen) atoms. The zero-order chi connectivity index (χ0) is 23.9. The molecule has 1 aliphatic carbocycles. The molecule has 8 heteroatoms. The summed E-state index contributed by atoms with van der Waals surface area (Å²) in [5, 5.41) is 15.3. The molecule has 3 aromatic rings. The SMILES string of the molecule is COc1ccc(C(NC(=O)CSc2nnc(Cc3cccs3)n2C2CCCCC2)C(C)C)cc1. The van der Waals surface area contributed by atoms with Gasteiger partial charge in [-0.15, -0.1) is 21.5 Å². The Morgan fingerprint density at radius 3 is 2.59 bits per heavy atom. The Morgan fingerprint density at radius 2 is 1.94 bits per heavy atom. The van der Waals surface area contributed by atoms with Gasteiger partial charge in [-0.25, -0.2) is 0 Å². The van der Waals surface area contributed by atoms with Gasteiger partial charge in [0.2, 0.25) is 5.91 Å². The molecule has 1 saturated carbocycles. The van der Waals surface area contributed by atoms with E-state index >= 15 is 0 Å². The summed E-state index contributed by atoms with van der Waals surface area (Å²) in [5.74, 6) is 2.43. The van der Waals surface area contributed by atoms with Gasteiger partial charge in [-0.1, -0.05) is 63.1 Å². The van der Waals surface area contributed by atoms with Crippen molar-refractivity contribution in [2.75, 3.05) is 12.9 Å². The van der Waals surface area contributed by atoms with Crippen LogP contribution in [-0.2, 0) is 11.2 Å². The number of amides is 1. The number of benzene rings is 1. The predicted octanol–water partition coefficient (Wildman–Crippen LogP) is 6.05. The largest absolute Gasteiger partial charge is 0.497 e. The second kappa shape index (κ2) is 11.9. The molecule has 182 valence electrons. The van der Waals surface area contributed by atoms with Gasteiger partial charge in [0.05, 0.1) is 18.9 Å². The molecule has 1 aliphatic rings. The van der Waals surface area contributed by atoms with Crippen molar-refractivity contribution in [1.82, 2.24) is 20.1 Å². The molecule has 0 spiro atoms. The highest BCUT2D eigenvalue weighted by Gasteiger charge is 2.25. The van der Waals surface area contributed by atoms with E-state index in [1.807, 2.05) is 24.3 Å². The lowest BCUT2D eigenvalue weighted by Crippen LogP contribution is -2.33. The van der Waals surface area contributed by atoms with Crippen molar-refractivity contribution in [2.45, 2.75) is 69.6 Å². The summed E-state index contributed by atoms with van der Waals surface area (Å²) in [7, 11) is 1.66. The summed E-state index contributed by atoms with van der Waals surface area (Å²) in [6.07, 6.45) is 6.88. The number of hydrogen-bond donors (Lipinski definition) is 1. The average molecular weight is 499 g/mol. The minimum absolute atomic E-state index is 0.0116. The van der Waals surface area contributed by atoms with Crippen molar-refractivity contribution in [3.8, 4) is 5.75 Å². The summed E-state index contributed by atoms with van der Waals surface area (Å²) in [5.41, 5.74) is 1.08. The Balaban J connectivity index is 1.45. The molecule has 4 rings (SSSR count). The predicted molar refractivity (Wildman–Crippen MR) is 139 cm³/mol. The second-order valence-electron chi connectivity index (χ2n) is 9.17. The fourth-order valence-electron chi connectivity index (χ4n) is 4.59. The lowest BCUT2D eigenvalue weighted by molar-refractivity contribution is -0.119. The van der Waals surface area contributed by atoms with Crippen LogP contribution in [0.15, 0.2) is 46.9 Å². The maximum Gasteiger partial charge on any atom is 0.230 e. The third-order valence-corrected chi connectivity index (χ3v) is 8.20. The van der Waals surface area contributed by atoms with Gasteiger partial charge in [-0.3, -0.25) is 4.79 Å². The first kappa shape index (κ1) is 24.8. The number of nitrogens with one attached hydrogen (secondary N) is 1. The molecular weight excluding hydrogens is 464 g/mol. The highest BCUT2D eigenvalue weighted by molar-refractivity contribution is 7.99. The van der Waals surface area contributed by atoms with Crippen molar-refractivity contribution in [2.24, 2.45) is 5.92 Å². The number of thioether (sulfide) groups is 1. The molecule has 0 aliphatic heterocycles. The highest BCUT2D eigenvalue weighted by Crippen LogP contribution is 2.33. The minimum Gasteiger partial charge on any atom is -0.497 e. The Bertz CT molecular complexity index is 1040. The van der Waals surface area contributed by atoms with E-state index in [0.717, 1.165) is 41.6 Å². The molecule has 1 aromatic carbocycles. The van der Waals surface area contributed by atoms with E-state index in [2.05, 4.69) is 51.4 Å². The minimum atomic E-state index is -0.0513. The van der Waals surface area contributed by atoms with Gasteiger partial charge in [-0.05, 0) is 47.9 Å². The molecule has 1 unspecified atom stereocenters. The molecule has 0 saturated heterocycles. The first-order chi connectivity index (χ1) is 16.5. The highest BCUT2D eigenvalue weighted by atomic mass is 32.2. The normalized spacial score (nSPS) is 15.4. The average Bonchev–Trinajstić information content (AvgIpc) is 3.52. The number of nitrogens with zero attached hydrogens (tertiary/aromatic N) is 3. The third kappa shape index (κ3) is 6.21. The van der Waals surface area contributed by atoms with Gasteiger partial charge in [0.25, 0.3) is 0 Å². The fraction of sp³-hybridized carbons (Fsp3) is 0.500. The van der Waals surface area contributed by atoms with E-state index in [1.54, 1.807) is 18.4 Å². The van der Waals surface area contributed by atoms with Crippen molar-refractivity contribution in [3.05, 3.63) is 58.0 Å². The van der Waals surface area contributed by atoms with E-state index in [-0.39, 0.29) is 17.9 Å². The number of rotatable bonds is 10. The Kier molecular flexibility index (Phi) is 8.67. The van der Waals surface area contributed by atoms with E-state index in [1.165, 1.54) is 35.9 Å². The van der Waals surface area contributed by atoms with E-state index in [9.17, 15) is 4.79 Å². The molecule has 1 atom stereocenters. The molecular formula is C26H34N4O2S2. The van der Waals surface area contributed by atoms with E-state index in [4.69, 9.17) is 4.74 Å². The zero-order valence-corrected chi connectivity index (χ0v) is 21.8. The standard InChI is InChI=1S/C26H34N4O2S2/c1-18(2)25(19-11-13-21(32-3)14-12-19)27-24(31)17-34-26-29-28-23(16-22-10-7-15-33-22)30(26)20-8-5-4-6-9-20/h7,10-15,18,20,25H,4-6,8-9,16-17H2,1-3H3,(H,27,31). The van der Waals surface area contributed by atoms with Gasteiger partial charge in [0, 0.05) is 17.3 Å². The molecule has 2 aromatic heterocycles. The number of carbonyl (C=O) groups is 1. The number of aromatic nitrogens is 3. The van der Waals surface area contributed by atoms with Crippen LogP contribution in [0, 0.1) is 5.92 Å². The summed E-state index contributed by atoms with van der Waals surface area (Å²) in [6, 6.07) is 12.5. The van der Waals surface area contributed by atoms with Gasteiger partial charge < -0.3 is 14.6 Å². The van der Waals surface area contributed by atoms with E-state index < -0.39 is 0 Å². The first-order valence-electron chi connectivity index (χ1n) is 12.1. The van der Waals surface area contributed by atoms with Gasteiger partial charge in [0.1, 0.15) is 11.6 Å². The topological polar surface area (TPSA) is 69.0 Å². The molecule has 1 fully saturated rings. The van der Waals surface area contributed by atoms with Crippen LogP contribution >= 0.6 is 23.1 Å². The molecule has 6 nitrogen and oxygen atoms in total. The monoisotopic (exact) mass is 498 g/mol. The molecule has 0 radical (unpaired) electrons. The van der Waals surface area contributed by atoms with Crippen LogP contribution in [0.25, 0.3) is 0 Å². The van der Waals surface area contributed by atoms with Gasteiger partial charge in [-0.2, -0.15) is 0 Å². The Morgan fingerprint density at radius 1 is 1.18 bits per heavy atom. The van der Waals surface area contributed by atoms with Crippen molar-refractivity contribution in [1.29, 1.82) is 0 Å². The third-order valence-electron chi connectivity index (χ3n) is 6.38. The van der Waals surface area contributed by atoms with Crippen LogP contribution < -0.4 is 10.1 Å². The van der Waals surface area contributed by atoms with Crippen LogP contribution in [0.3, 0.4) is 0 Å². The Hall–Kier alpha value is -2.32. The first-order valence-corrected chi connectivity index (χ1v) is 13.9. The maximum atomic E-state index is 13.0. The van der Waals surface area contributed by atoms with Gasteiger partial charge in [0.15, 0.2) is 5.16 Å². The van der Waals surface area contributed by atoms with Crippen LogP contribution in [0.2, 0.25) is 0 Å². The molecule has 2 heterocycles. The molecule has 0 bridgehead atoms. The summed E-state index contributed by atoms with van der Waals surface area (Å²) >= 11 is 3.25. The van der Waals surface area contributed by atoms with Crippen LogP contribution in [0.5, 0.6) is 5.75 Å². The van der Waals surface area contributed by atoms with Crippen LogP contribution in [0.4, 0.5) is 0 Å². The summed E-state index contributed by atoms with van der Waals surface area (Å²) in [4.78, 5) is 14.3. The number of thiophene rings is 1. The lowest BCUT2D eigenvalue weighted by atomic mass is 9.95. The molecule has 1 N–H and O–H groups in total. The van der Waals surface area contributed by atoms with Crippen molar-refractivity contribution < 1.29 is 9.53 Å². The quantitative estimate of drug-likeness (QED) is 0.345. The maximum absolute atomic E-state index is 13.0. The number of carbonyl (C=O) groups excluding carboxylic acids is 1. The summed E-state index contributed by atoms with van der Waals surface area (Å²) in [6.45, 7) is 4.25. The second-order valence-corrected chi connectivity index (χ2v) is 11.1. The lowest BCUT2D eigenvalue weighted by Gasteiger charge is -2.26. The van der Waals surface area contributed by atoms with Crippen molar-refractivity contribution in [3.63, 3.8) is 0 Å². The Labute approximate surface area is 210 Å². The number of hydrogen-bond acceptors (Lipinski definition) is 6.